The topological polar surface area (TPSA) is 44.3 Å². The summed E-state index contributed by atoms with van der Waals surface area (Å²) in [6.45, 7) is 2.48. The number of hydrogen-bond donors (Lipinski definition) is 3. The summed E-state index contributed by atoms with van der Waals surface area (Å²) in [5, 5.41) is 16.5. The summed E-state index contributed by atoms with van der Waals surface area (Å²) in [5.41, 5.74) is -0.715. The summed E-state index contributed by atoms with van der Waals surface area (Å²) in [6.07, 6.45) is -2.11. The van der Waals surface area contributed by atoms with Gasteiger partial charge >= 0.3 is 6.18 Å². The van der Waals surface area contributed by atoms with Crippen LogP contribution in [0.1, 0.15) is 24.0 Å². The number of benzene rings is 1. The van der Waals surface area contributed by atoms with Crippen LogP contribution in [0.2, 0.25) is 0 Å². The lowest BCUT2D eigenvalue weighted by Crippen LogP contribution is -2.52. The van der Waals surface area contributed by atoms with Crippen molar-refractivity contribution in [2.45, 2.75) is 31.0 Å². The maximum atomic E-state index is 12.6. The molecule has 118 valence electrons. The fraction of sp³-hybridized carbons (Fsp3) is 0.600. The normalized spacial score (nSPS) is 23.2. The van der Waals surface area contributed by atoms with E-state index in [2.05, 4.69) is 10.6 Å². The van der Waals surface area contributed by atoms with Crippen LogP contribution in [0, 0.1) is 0 Å². The molecule has 1 aromatic rings. The lowest BCUT2D eigenvalue weighted by atomic mass is 9.94. The first-order valence-electron chi connectivity index (χ1n) is 7.19. The summed E-state index contributed by atoms with van der Waals surface area (Å²) in [4.78, 5) is 0. The average molecular weight is 302 g/mol. The molecule has 1 saturated heterocycles. The Labute approximate surface area is 122 Å². The zero-order valence-corrected chi connectivity index (χ0v) is 11.8. The predicted molar refractivity (Wildman–Crippen MR) is 75.1 cm³/mol. The maximum absolute atomic E-state index is 12.6. The monoisotopic (exact) mass is 302 g/mol. The number of hydrogen-bond acceptors (Lipinski definition) is 3. The van der Waals surface area contributed by atoms with Crippen molar-refractivity contribution >= 4 is 0 Å². The van der Waals surface area contributed by atoms with Crippen molar-refractivity contribution in [3.8, 4) is 0 Å². The van der Waals surface area contributed by atoms with E-state index in [1.54, 1.807) is 6.07 Å². The van der Waals surface area contributed by atoms with Gasteiger partial charge in [-0.3, -0.25) is 0 Å². The van der Waals surface area contributed by atoms with Crippen LogP contribution < -0.4 is 10.6 Å². The highest BCUT2D eigenvalue weighted by molar-refractivity contribution is 5.25. The van der Waals surface area contributed by atoms with Gasteiger partial charge in [-0.25, -0.2) is 0 Å². The van der Waals surface area contributed by atoms with Gasteiger partial charge in [-0.2, -0.15) is 13.2 Å². The van der Waals surface area contributed by atoms with Gasteiger partial charge in [0.05, 0.1) is 11.2 Å². The number of aliphatic hydroxyl groups is 1. The molecular weight excluding hydrogens is 281 g/mol. The molecule has 1 heterocycles. The smallest absolute Gasteiger partial charge is 0.387 e. The first kappa shape index (κ1) is 16.3. The van der Waals surface area contributed by atoms with Gasteiger partial charge in [0.25, 0.3) is 0 Å². The summed E-state index contributed by atoms with van der Waals surface area (Å²) in [7, 11) is 0. The minimum absolute atomic E-state index is 0.457. The molecular formula is C15H21F3N2O. The van der Waals surface area contributed by atoms with Crippen molar-refractivity contribution in [2.24, 2.45) is 0 Å². The van der Waals surface area contributed by atoms with Crippen molar-refractivity contribution < 1.29 is 18.3 Å². The summed E-state index contributed by atoms with van der Waals surface area (Å²) < 4.78 is 37.8. The lowest BCUT2D eigenvalue weighted by molar-refractivity contribution is -0.137. The Hall–Kier alpha value is -1.11. The number of nitrogens with one attached hydrogen (secondary N) is 2. The van der Waals surface area contributed by atoms with Crippen LogP contribution in [0.25, 0.3) is 0 Å². The number of rotatable bonds is 5. The van der Waals surface area contributed by atoms with Gasteiger partial charge in [0.2, 0.25) is 0 Å². The summed E-state index contributed by atoms with van der Waals surface area (Å²) in [6, 6.07) is 5.37. The number of piperidine rings is 1. The first-order chi connectivity index (χ1) is 9.89. The second-order valence-electron chi connectivity index (χ2n) is 5.63. The Morgan fingerprint density at radius 3 is 2.81 bits per heavy atom. The Balaban J connectivity index is 1.78. The largest absolute Gasteiger partial charge is 0.416 e. The van der Waals surface area contributed by atoms with Crippen LogP contribution in [-0.4, -0.2) is 36.9 Å². The van der Waals surface area contributed by atoms with E-state index in [1.165, 1.54) is 12.1 Å². The highest BCUT2D eigenvalue weighted by atomic mass is 19.4. The lowest BCUT2D eigenvalue weighted by Gasteiger charge is -2.32. The number of alkyl halides is 3. The minimum Gasteiger partial charge on any atom is -0.387 e. The Kier molecular flexibility index (Phi) is 5.24. The molecule has 1 atom stereocenters. The second-order valence-corrected chi connectivity index (χ2v) is 5.63. The minimum atomic E-state index is -4.30. The summed E-state index contributed by atoms with van der Waals surface area (Å²) in [5.74, 6) is 0. The Morgan fingerprint density at radius 1 is 1.33 bits per heavy atom. The van der Waals surface area contributed by atoms with Crippen molar-refractivity contribution in [1.29, 1.82) is 0 Å². The van der Waals surface area contributed by atoms with Gasteiger partial charge in [-0.05, 0) is 44.0 Å². The predicted octanol–water partition coefficient (Wildman–Crippen LogP) is 1.95. The molecule has 0 unspecified atom stereocenters. The van der Waals surface area contributed by atoms with Crippen molar-refractivity contribution in [3.05, 3.63) is 35.4 Å². The molecule has 21 heavy (non-hydrogen) atoms. The van der Waals surface area contributed by atoms with E-state index in [0.29, 0.717) is 31.6 Å². The highest BCUT2D eigenvalue weighted by Crippen LogP contribution is 2.29. The standard InChI is InChI=1S/C15H21F3N2O/c16-15(17,18)13-4-1-3-12(9-13)5-8-20-11-14(21)6-2-7-19-10-14/h1,3-4,9,19-21H,2,5-8,10-11H2/t14-/m0/s1. The molecule has 0 bridgehead atoms. The Bertz CT molecular complexity index is 456. The van der Waals surface area contributed by atoms with E-state index in [-0.39, 0.29) is 0 Å². The van der Waals surface area contributed by atoms with Crippen LogP contribution in [0.15, 0.2) is 24.3 Å². The van der Waals surface area contributed by atoms with Gasteiger partial charge in [0.15, 0.2) is 0 Å². The molecule has 0 radical (unpaired) electrons. The highest BCUT2D eigenvalue weighted by Gasteiger charge is 2.30. The van der Waals surface area contributed by atoms with Crippen LogP contribution in [0.5, 0.6) is 0 Å². The zero-order chi connectivity index (χ0) is 15.3. The number of β-amino-alcohol motifs (C(OH)–C–C–N with tert-alkyl or cyclic N) is 1. The van der Waals surface area contributed by atoms with E-state index in [9.17, 15) is 18.3 Å². The van der Waals surface area contributed by atoms with E-state index < -0.39 is 17.3 Å². The average Bonchev–Trinajstić information content (AvgIpc) is 2.44. The fourth-order valence-corrected chi connectivity index (χ4v) is 2.56. The van der Waals surface area contributed by atoms with Gasteiger partial charge < -0.3 is 15.7 Å². The van der Waals surface area contributed by atoms with E-state index in [0.717, 1.165) is 25.5 Å². The van der Waals surface area contributed by atoms with E-state index in [4.69, 9.17) is 0 Å². The molecule has 0 spiro atoms. The Morgan fingerprint density at radius 2 is 2.14 bits per heavy atom. The van der Waals surface area contributed by atoms with Gasteiger partial charge in [-0.15, -0.1) is 0 Å². The van der Waals surface area contributed by atoms with Gasteiger partial charge in [-0.1, -0.05) is 18.2 Å². The van der Waals surface area contributed by atoms with Crippen molar-refractivity contribution in [3.63, 3.8) is 0 Å². The maximum Gasteiger partial charge on any atom is 0.416 e. The molecule has 6 heteroatoms. The molecule has 0 aromatic heterocycles. The van der Waals surface area contributed by atoms with Crippen molar-refractivity contribution in [1.82, 2.24) is 10.6 Å². The molecule has 1 aromatic carbocycles. The van der Waals surface area contributed by atoms with Gasteiger partial charge in [0.1, 0.15) is 0 Å². The third-order valence-corrected chi connectivity index (χ3v) is 3.75. The molecule has 2 rings (SSSR count). The molecule has 0 saturated carbocycles. The number of halogens is 3. The zero-order valence-electron chi connectivity index (χ0n) is 11.8. The SMILES string of the molecule is O[C@@]1(CNCCc2cccc(C(F)(F)F)c2)CCCNC1. The van der Waals surface area contributed by atoms with Crippen molar-refractivity contribution in [2.75, 3.05) is 26.2 Å². The van der Waals surface area contributed by atoms with Crippen LogP contribution >= 0.6 is 0 Å². The molecule has 1 aliphatic rings. The second kappa shape index (κ2) is 6.77. The molecule has 0 amide bonds. The van der Waals surface area contributed by atoms with Crippen LogP contribution in [0.3, 0.4) is 0 Å². The third-order valence-electron chi connectivity index (χ3n) is 3.75. The molecule has 3 nitrogen and oxygen atoms in total. The third kappa shape index (κ3) is 4.98. The quantitative estimate of drug-likeness (QED) is 0.729. The first-order valence-corrected chi connectivity index (χ1v) is 7.19. The van der Waals surface area contributed by atoms with Gasteiger partial charge in [0, 0.05) is 13.1 Å². The molecule has 3 N–H and O–H groups in total. The molecule has 0 aliphatic carbocycles. The van der Waals surface area contributed by atoms with Crippen LogP contribution in [0.4, 0.5) is 13.2 Å². The fourth-order valence-electron chi connectivity index (χ4n) is 2.56. The molecule has 1 aliphatic heterocycles. The van der Waals surface area contributed by atoms with E-state index >= 15 is 0 Å². The molecule has 1 fully saturated rings. The van der Waals surface area contributed by atoms with Crippen LogP contribution in [-0.2, 0) is 12.6 Å². The summed E-state index contributed by atoms with van der Waals surface area (Å²) >= 11 is 0. The van der Waals surface area contributed by atoms with E-state index in [1.807, 2.05) is 0 Å².